The number of hydrogen-bond acceptors (Lipinski definition) is 5. The Morgan fingerprint density at radius 2 is 2.00 bits per heavy atom. The fraction of sp³-hybridized carbons (Fsp3) is 0.357. The molecule has 0 radical (unpaired) electrons. The van der Waals surface area contributed by atoms with Gasteiger partial charge in [-0.3, -0.25) is 0 Å². The Morgan fingerprint density at radius 3 is 2.52 bits per heavy atom. The fourth-order valence-corrected chi connectivity index (χ4v) is 3.67. The molecule has 2 aromatic rings. The maximum atomic E-state index is 12.2. The molecule has 114 valence electrons. The van der Waals surface area contributed by atoms with E-state index in [4.69, 9.17) is 5.73 Å². The predicted octanol–water partition coefficient (Wildman–Crippen LogP) is 2.20. The molecule has 0 fully saturated rings. The van der Waals surface area contributed by atoms with Crippen LogP contribution in [-0.4, -0.2) is 13.4 Å². The van der Waals surface area contributed by atoms with Crippen LogP contribution in [0, 0.1) is 0 Å². The molecule has 1 aromatic heterocycles. The minimum atomic E-state index is -3.52. The highest BCUT2D eigenvalue weighted by molar-refractivity contribution is 7.89. The number of aryl methyl sites for hydroxylation is 1. The lowest BCUT2D eigenvalue weighted by Crippen LogP contribution is -2.23. The molecular formula is C14H19N3O2S2. The Labute approximate surface area is 129 Å². The maximum Gasteiger partial charge on any atom is 0.240 e. The molecule has 0 amide bonds. The first-order chi connectivity index (χ1) is 9.92. The van der Waals surface area contributed by atoms with Gasteiger partial charge >= 0.3 is 0 Å². The lowest BCUT2D eigenvalue weighted by atomic mass is 10.1. The highest BCUT2D eigenvalue weighted by Crippen LogP contribution is 2.16. The monoisotopic (exact) mass is 325 g/mol. The van der Waals surface area contributed by atoms with Gasteiger partial charge in [-0.2, -0.15) is 0 Å². The second kappa shape index (κ2) is 6.65. The van der Waals surface area contributed by atoms with Crippen molar-refractivity contribution in [2.75, 3.05) is 0 Å². The number of thiazole rings is 1. The van der Waals surface area contributed by atoms with Crippen molar-refractivity contribution in [1.29, 1.82) is 0 Å². The van der Waals surface area contributed by atoms with Gasteiger partial charge in [0, 0.05) is 17.1 Å². The van der Waals surface area contributed by atoms with E-state index in [-0.39, 0.29) is 17.5 Å². The molecule has 1 atom stereocenters. The summed E-state index contributed by atoms with van der Waals surface area (Å²) >= 11 is 1.52. The fourth-order valence-electron chi connectivity index (χ4n) is 1.78. The number of hydrogen-bond donors (Lipinski definition) is 2. The van der Waals surface area contributed by atoms with E-state index < -0.39 is 10.0 Å². The average Bonchev–Trinajstić information content (AvgIpc) is 2.93. The van der Waals surface area contributed by atoms with Crippen molar-refractivity contribution in [2.45, 2.75) is 37.8 Å². The molecule has 0 bridgehead atoms. The molecule has 0 aliphatic rings. The van der Waals surface area contributed by atoms with Crippen LogP contribution < -0.4 is 10.5 Å². The zero-order valence-electron chi connectivity index (χ0n) is 12.0. The van der Waals surface area contributed by atoms with Crippen molar-refractivity contribution in [3.05, 3.63) is 45.9 Å². The quantitative estimate of drug-likeness (QED) is 0.852. The van der Waals surface area contributed by atoms with Gasteiger partial charge in [0.1, 0.15) is 5.01 Å². The summed E-state index contributed by atoms with van der Waals surface area (Å²) in [5.41, 5.74) is 6.66. The second-order valence-electron chi connectivity index (χ2n) is 4.76. The molecule has 2 rings (SSSR count). The maximum absolute atomic E-state index is 12.2. The van der Waals surface area contributed by atoms with Gasteiger partial charge in [-0.1, -0.05) is 19.1 Å². The number of benzene rings is 1. The number of aromatic nitrogens is 1. The van der Waals surface area contributed by atoms with Crippen LogP contribution in [0.15, 0.2) is 35.4 Å². The Kier molecular flexibility index (Phi) is 5.10. The van der Waals surface area contributed by atoms with Gasteiger partial charge in [0.25, 0.3) is 0 Å². The van der Waals surface area contributed by atoms with E-state index >= 15 is 0 Å². The van der Waals surface area contributed by atoms with E-state index in [2.05, 4.69) is 9.71 Å². The summed E-state index contributed by atoms with van der Waals surface area (Å²) in [6.07, 6.45) is 2.69. The first-order valence-electron chi connectivity index (χ1n) is 6.71. The molecule has 0 spiro atoms. The van der Waals surface area contributed by atoms with Crippen LogP contribution >= 0.6 is 11.3 Å². The SMILES string of the molecule is CCc1cnc(CNS(=O)(=O)c2ccc(C(C)N)cc2)s1. The van der Waals surface area contributed by atoms with Crippen LogP contribution in [0.4, 0.5) is 0 Å². The van der Waals surface area contributed by atoms with Crippen molar-refractivity contribution in [1.82, 2.24) is 9.71 Å². The van der Waals surface area contributed by atoms with E-state index in [0.717, 1.165) is 21.9 Å². The third-order valence-corrected chi connectivity index (χ3v) is 5.64. The third kappa shape index (κ3) is 4.10. The topological polar surface area (TPSA) is 85.1 Å². The first kappa shape index (κ1) is 16.1. The standard InChI is InChI=1S/C14H19N3O2S2/c1-3-12-8-16-14(20-12)9-17-21(18,19)13-6-4-11(5-7-13)10(2)15/h4-8,10,17H,3,9,15H2,1-2H3. The minimum Gasteiger partial charge on any atom is -0.324 e. The Hall–Kier alpha value is -1.28. The first-order valence-corrected chi connectivity index (χ1v) is 9.01. The molecule has 3 N–H and O–H groups in total. The summed E-state index contributed by atoms with van der Waals surface area (Å²) in [6.45, 7) is 4.11. The van der Waals surface area contributed by atoms with Crippen molar-refractivity contribution in [3.63, 3.8) is 0 Å². The van der Waals surface area contributed by atoms with Crippen molar-refractivity contribution in [2.24, 2.45) is 5.73 Å². The summed E-state index contributed by atoms with van der Waals surface area (Å²) in [6, 6.07) is 6.49. The number of nitrogens with one attached hydrogen (secondary N) is 1. The number of rotatable bonds is 6. The van der Waals surface area contributed by atoms with Crippen LogP contribution in [0.1, 0.15) is 35.3 Å². The Bertz CT molecular complexity index is 691. The van der Waals surface area contributed by atoms with Gasteiger partial charge < -0.3 is 5.73 Å². The van der Waals surface area contributed by atoms with Crippen molar-refractivity contribution >= 4 is 21.4 Å². The van der Waals surface area contributed by atoms with Gasteiger partial charge in [0.15, 0.2) is 0 Å². The summed E-state index contributed by atoms with van der Waals surface area (Å²) in [5.74, 6) is 0. The molecule has 0 saturated heterocycles. The van der Waals surface area contributed by atoms with E-state index in [9.17, 15) is 8.42 Å². The van der Waals surface area contributed by atoms with Gasteiger partial charge in [-0.25, -0.2) is 18.1 Å². The largest absolute Gasteiger partial charge is 0.324 e. The summed E-state index contributed by atoms with van der Waals surface area (Å²) in [7, 11) is -3.52. The van der Waals surface area contributed by atoms with Crippen LogP contribution in [0.5, 0.6) is 0 Å². The van der Waals surface area contributed by atoms with Crippen LogP contribution in [0.2, 0.25) is 0 Å². The lowest BCUT2D eigenvalue weighted by Gasteiger charge is -2.08. The van der Waals surface area contributed by atoms with E-state index in [1.54, 1.807) is 30.5 Å². The summed E-state index contributed by atoms with van der Waals surface area (Å²) < 4.78 is 27.0. The number of nitrogens with zero attached hydrogens (tertiary/aromatic N) is 1. The Balaban J connectivity index is 2.07. The molecule has 1 heterocycles. The lowest BCUT2D eigenvalue weighted by molar-refractivity contribution is 0.581. The number of sulfonamides is 1. The summed E-state index contributed by atoms with van der Waals surface area (Å²) in [5, 5.41) is 0.766. The van der Waals surface area contributed by atoms with Crippen LogP contribution in [0.25, 0.3) is 0 Å². The van der Waals surface area contributed by atoms with Gasteiger partial charge in [0.2, 0.25) is 10.0 Å². The molecule has 5 nitrogen and oxygen atoms in total. The molecule has 1 unspecified atom stereocenters. The highest BCUT2D eigenvalue weighted by atomic mass is 32.2. The zero-order valence-corrected chi connectivity index (χ0v) is 13.7. The van der Waals surface area contributed by atoms with E-state index in [1.165, 1.54) is 11.3 Å². The van der Waals surface area contributed by atoms with Gasteiger partial charge in [-0.05, 0) is 31.0 Å². The highest BCUT2D eigenvalue weighted by Gasteiger charge is 2.15. The molecule has 0 saturated carbocycles. The average molecular weight is 325 g/mol. The van der Waals surface area contributed by atoms with Gasteiger partial charge in [0.05, 0.1) is 11.4 Å². The minimum absolute atomic E-state index is 0.113. The van der Waals surface area contributed by atoms with Crippen molar-refractivity contribution < 1.29 is 8.42 Å². The summed E-state index contributed by atoms with van der Waals surface area (Å²) in [4.78, 5) is 5.58. The smallest absolute Gasteiger partial charge is 0.240 e. The molecule has 21 heavy (non-hydrogen) atoms. The van der Waals surface area contributed by atoms with E-state index in [0.29, 0.717) is 0 Å². The predicted molar refractivity (Wildman–Crippen MR) is 84.6 cm³/mol. The van der Waals surface area contributed by atoms with Gasteiger partial charge in [-0.15, -0.1) is 11.3 Å². The number of nitrogens with two attached hydrogens (primary N) is 1. The molecule has 7 heteroatoms. The third-order valence-electron chi connectivity index (χ3n) is 3.08. The van der Waals surface area contributed by atoms with Crippen LogP contribution in [-0.2, 0) is 23.0 Å². The molecule has 0 aliphatic carbocycles. The zero-order chi connectivity index (χ0) is 15.5. The van der Waals surface area contributed by atoms with Crippen molar-refractivity contribution in [3.8, 4) is 0 Å². The normalized spacial score (nSPS) is 13.3. The molecule has 1 aromatic carbocycles. The Morgan fingerprint density at radius 1 is 1.33 bits per heavy atom. The van der Waals surface area contributed by atoms with Crippen LogP contribution in [0.3, 0.4) is 0 Å². The molecule has 0 aliphatic heterocycles. The van der Waals surface area contributed by atoms with E-state index in [1.807, 2.05) is 13.8 Å². The molecular weight excluding hydrogens is 306 g/mol. The second-order valence-corrected chi connectivity index (χ2v) is 7.72.